The Bertz CT molecular complexity index is 421. The zero-order chi connectivity index (χ0) is 15.7. The number of rotatable bonds is 10. The highest BCUT2D eigenvalue weighted by Gasteiger charge is 2.61. The summed E-state index contributed by atoms with van der Waals surface area (Å²) in [6.45, 7) is 11.7. The highest BCUT2D eigenvalue weighted by Crippen LogP contribution is 2.42. The van der Waals surface area contributed by atoms with E-state index in [9.17, 15) is 9.59 Å². The van der Waals surface area contributed by atoms with Crippen LogP contribution in [0.15, 0.2) is 25.3 Å². The summed E-state index contributed by atoms with van der Waals surface area (Å²) in [5, 5.41) is 0. The van der Waals surface area contributed by atoms with E-state index in [-0.39, 0.29) is 23.8 Å². The first kappa shape index (κ1) is 16.1. The van der Waals surface area contributed by atoms with Crippen LogP contribution < -0.4 is 0 Å². The molecule has 0 aromatic rings. The van der Waals surface area contributed by atoms with Crippen LogP contribution in [0, 0.1) is 0 Å². The molecular formula is C16H22O5. The van der Waals surface area contributed by atoms with Gasteiger partial charge in [-0.15, -0.1) is 0 Å². The molecule has 2 aliphatic heterocycles. The van der Waals surface area contributed by atoms with Crippen molar-refractivity contribution >= 4 is 11.6 Å². The van der Waals surface area contributed by atoms with Crippen molar-refractivity contribution in [2.45, 2.75) is 50.1 Å². The lowest BCUT2D eigenvalue weighted by atomic mass is 9.85. The van der Waals surface area contributed by atoms with Crippen molar-refractivity contribution in [3.63, 3.8) is 0 Å². The summed E-state index contributed by atoms with van der Waals surface area (Å²) in [4.78, 5) is 24.8. The normalized spacial score (nSPS) is 28.9. The summed E-state index contributed by atoms with van der Waals surface area (Å²) in [7, 11) is 0. The van der Waals surface area contributed by atoms with Gasteiger partial charge in [-0.1, -0.05) is 27.0 Å². The van der Waals surface area contributed by atoms with Gasteiger partial charge in [0.25, 0.3) is 0 Å². The van der Waals surface area contributed by atoms with Crippen molar-refractivity contribution in [2.24, 2.45) is 0 Å². The number of hydrogen-bond acceptors (Lipinski definition) is 5. The van der Waals surface area contributed by atoms with Crippen LogP contribution in [-0.2, 0) is 23.8 Å². The molecule has 0 aromatic carbocycles. The Morgan fingerprint density at radius 3 is 1.57 bits per heavy atom. The third kappa shape index (κ3) is 2.61. The molecule has 0 saturated carbocycles. The molecule has 0 aromatic heterocycles. The molecule has 0 aliphatic carbocycles. The zero-order valence-electron chi connectivity index (χ0n) is 12.6. The molecule has 0 amide bonds. The van der Waals surface area contributed by atoms with Gasteiger partial charge in [0.15, 0.2) is 22.8 Å². The lowest BCUT2D eigenvalue weighted by Gasteiger charge is -2.39. The van der Waals surface area contributed by atoms with Gasteiger partial charge < -0.3 is 14.2 Å². The molecule has 2 heterocycles. The molecule has 2 aliphatic rings. The minimum Gasteiger partial charge on any atom is -0.369 e. The van der Waals surface area contributed by atoms with Gasteiger partial charge in [0.2, 0.25) is 0 Å². The van der Waals surface area contributed by atoms with Crippen LogP contribution in [0.25, 0.3) is 0 Å². The third-order valence-electron chi connectivity index (χ3n) is 4.33. The van der Waals surface area contributed by atoms with Crippen LogP contribution in [0.2, 0.25) is 0 Å². The molecule has 5 nitrogen and oxygen atoms in total. The highest BCUT2D eigenvalue weighted by molar-refractivity contribution is 6.00. The quantitative estimate of drug-likeness (QED) is 0.452. The molecule has 116 valence electrons. The zero-order valence-corrected chi connectivity index (χ0v) is 12.6. The van der Waals surface area contributed by atoms with E-state index < -0.39 is 11.2 Å². The Labute approximate surface area is 124 Å². The first-order valence-corrected chi connectivity index (χ1v) is 7.27. The fourth-order valence-electron chi connectivity index (χ4n) is 2.80. The van der Waals surface area contributed by atoms with Crippen LogP contribution >= 0.6 is 0 Å². The van der Waals surface area contributed by atoms with Gasteiger partial charge in [0.05, 0.1) is 13.2 Å². The average molecular weight is 294 g/mol. The summed E-state index contributed by atoms with van der Waals surface area (Å²) >= 11 is 0. The summed E-state index contributed by atoms with van der Waals surface area (Å²) < 4.78 is 16.8. The second kappa shape index (κ2) is 5.83. The predicted molar refractivity (Wildman–Crippen MR) is 77.0 cm³/mol. The number of hydrogen-bond donors (Lipinski definition) is 0. The van der Waals surface area contributed by atoms with Crippen LogP contribution in [-0.4, -0.2) is 48.2 Å². The predicted octanol–water partition coefficient (Wildman–Crippen LogP) is 1.61. The van der Waals surface area contributed by atoms with Gasteiger partial charge in [-0.2, -0.15) is 0 Å². The second-order valence-corrected chi connectivity index (χ2v) is 5.37. The second-order valence-electron chi connectivity index (χ2n) is 5.37. The van der Waals surface area contributed by atoms with Crippen molar-refractivity contribution in [3.05, 3.63) is 25.3 Å². The maximum absolute atomic E-state index is 12.4. The lowest BCUT2D eigenvalue weighted by Crippen LogP contribution is -2.57. The number of carbonyl (C=O) groups excluding carboxylic acids is 2. The van der Waals surface area contributed by atoms with E-state index in [2.05, 4.69) is 13.2 Å². The Morgan fingerprint density at radius 2 is 1.38 bits per heavy atom. The first-order valence-electron chi connectivity index (χ1n) is 7.27. The number of epoxide rings is 2. The standard InChI is InChI=1S/C16H22O5/c1-5-11(17)15(7-3,13-9-19-13)21-16(8-4,12(18)6-2)14-10-20-14/h5-6,13-14H,1-2,7-10H2,3-4H3. The summed E-state index contributed by atoms with van der Waals surface area (Å²) in [6.07, 6.45) is 2.60. The van der Waals surface area contributed by atoms with Gasteiger partial charge in [-0.3, -0.25) is 9.59 Å². The van der Waals surface area contributed by atoms with Crippen molar-refractivity contribution < 1.29 is 23.8 Å². The van der Waals surface area contributed by atoms with E-state index in [1.54, 1.807) is 0 Å². The third-order valence-corrected chi connectivity index (χ3v) is 4.33. The summed E-state index contributed by atoms with van der Waals surface area (Å²) in [5.74, 6) is -0.523. The number of carbonyl (C=O) groups is 2. The van der Waals surface area contributed by atoms with E-state index >= 15 is 0 Å². The highest BCUT2D eigenvalue weighted by atomic mass is 16.6. The van der Waals surface area contributed by atoms with Gasteiger partial charge in [-0.25, -0.2) is 0 Å². The lowest BCUT2D eigenvalue weighted by molar-refractivity contribution is -0.187. The van der Waals surface area contributed by atoms with Crippen LogP contribution in [0.1, 0.15) is 26.7 Å². The minimum atomic E-state index is -1.18. The Kier molecular flexibility index (Phi) is 4.46. The van der Waals surface area contributed by atoms with E-state index in [0.717, 1.165) is 0 Å². The molecule has 0 radical (unpaired) electrons. The molecule has 21 heavy (non-hydrogen) atoms. The Morgan fingerprint density at radius 1 is 1.05 bits per heavy atom. The molecule has 0 spiro atoms. The van der Waals surface area contributed by atoms with E-state index in [0.29, 0.717) is 26.1 Å². The van der Waals surface area contributed by atoms with E-state index in [1.165, 1.54) is 12.2 Å². The van der Waals surface area contributed by atoms with Crippen LogP contribution in [0.5, 0.6) is 0 Å². The average Bonchev–Trinajstić information content (AvgIpc) is 3.39. The molecule has 5 heteroatoms. The monoisotopic (exact) mass is 294 g/mol. The van der Waals surface area contributed by atoms with Gasteiger partial charge in [-0.05, 0) is 25.0 Å². The number of ketones is 2. The smallest absolute Gasteiger partial charge is 0.189 e. The van der Waals surface area contributed by atoms with Crippen molar-refractivity contribution in [1.82, 2.24) is 0 Å². The van der Waals surface area contributed by atoms with Gasteiger partial charge in [0, 0.05) is 0 Å². The molecule has 2 fully saturated rings. The summed E-state index contributed by atoms with van der Waals surface area (Å²) in [6, 6.07) is 0. The summed E-state index contributed by atoms with van der Waals surface area (Å²) in [5.41, 5.74) is -2.36. The maximum Gasteiger partial charge on any atom is 0.189 e. The van der Waals surface area contributed by atoms with Gasteiger partial charge in [0.1, 0.15) is 12.2 Å². The van der Waals surface area contributed by atoms with E-state index in [1.807, 2.05) is 13.8 Å². The van der Waals surface area contributed by atoms with Crippen molar-refractivity contribution in [2.75, 3.05) is 13.2 Å². The SMILES string of the molecule is C=CC(=O)C(CC)(OC(CC)(C(=O)C=C)C1CO1)C1CO1. The topological polar surface area (TPSA) is 68.4 Å². The van der Waals surface area contributed by atoms with Crippen molar-refractivity contribution in [3.8, 4) is 0 Å². The molecule has 0 N–H and O–H groups in total. The first-order chi connectivity index (χ1) is 10.0. The Balaban J connectivity index is 2.40. The van der Waals surface area contributed by atoms with Gasteiger partial charge >= 0.3 is 0 Å². The molecule has 0 bridgehead atoms. The number of ether oxygens (including phenoxy) is 3. The van der Waals surface area contributed by atoms with Crippen LogP contribution in [0.4, 0.5) is 0 Å². The Hall–Kier alpha value is -1.30. The van der Waals surface area contributed by atoms with Crippen LogP contribution in [0.3, 0.4) is 0 Å². The minimum absolute atomic E-state index is 0.261. The molecule has 4 atom stereocenters. The molecular weight excluding hydrogens is 272 g/mol. The van der Waals surface area contributed by atoms with Crippen molar-refractivity contribution in [1.29, 1.82) is 0 Å². The van der Waals surface area contributed by atoms with E-state index in [4.69, 9.17) is 14.2 Å². The molecule has 4 unspecified atom stereocenters. The molecule has 2 saturated heterocycles. The molecule has 2 rings (SSSR count). The maximum atomic E-state index is 12.4. The largest absolute Gasteiger partial charge is 0.369 e. The fourth-order valence-corrected chi connectivity index (χ4v) is 2.80. The fraction of sp³-hybridized carbons (Fsp3) is 0.625.